The van der Waals surface area contributed by atoms with Crippen molar-refractivity contribution in [2.24, 2.45) is 5.84 Å². The molecule has 72 valence electrons. The molecule has 0 spiro atoms. The van der Waals surface area contributed by atoms with E-state index in [9.17, 15) is 0 Å². The number of methoxy groups -OCH3 is 2. The van der Waals surface area contributed by atoms with Crippen molar-refractivity contribution < 1.29 is 9.47 Å². The van der Waals surface area contributed by atoms with Crippen molar-refractivity contribution in [3.63, 3.8) is 0 Å². The molecule has 0 saturated carbocycles. The quantitative estimate of drug-likeness (QED) is 0.265. The van der Waals surface area contributed by atoms with E-state index in [1.165, 1.54) is 0 Å². The smallest absolute Gasteiger partial charge is 0.173 e. The molecule has 0 bridgehead atoms. The number of ether oxygens (including phenoxy) is 2. The van der Waals surface area contributed by atoms with Gasteiger partial charge in [0.05, 0.1) is 6.04 Å². The van der Waals surface area contributed by atoms with Gasteiger partial charge in [0.15, 0.2) is 6.29 Å². The van der Waals surface area contributed by atoms with E-state index in [2.05, 4.69) is 12.0 Å². The van der Waals surface area contributed by atoms with Gasteiger partial charge in [0, 0.05) is 14.2 Å². The van der Waals surface area contributed by atoms with Crippen LogP contribution in [0.3, 0.4) is 0 Å². The average Bonchev–Trinajstić information content (AvgIpc) is 2.04. The number of nitrogens with one attached hydrogen (secondary N) is 1. The van der Waals surface area contributed by atoms with Crippen LogP contribution in [-0.2, 0) is 9.47 Å². The summed E-state index contributed by atoms with van der Waals surface area (Å²) in [6.07, 6.45) is 0.412. The van der Waals surface area contributed by atoms with Gasteiger partial charge < -0.3 is 9.47 Å². The molecule has 0 rings (SSSR count). The maximum Gasteiger partial charge on any atom is 0.173 e. The fourth-order valence-corrected chi connectivity index (χ4v) is 1.03. The lowest BCUT2D eigenvalue weighted by Crippen LogP contribution is -2.45. The highest BCUT2D eigenvalue weighted by molar-refractivity contribution is 4.93. The third kappa shape index (κ3) is 3.82. The molecule has 0 aromatic heterocycles. The Kier molecular flexibility index (Phi) is 5.92. The van der Waals surface area contributed by atoms with Crippen LogP contribution in [0.5, 0.6) is 0 Å². The van der Waals surface area contributed by atoms with E-state index in [4.69, 9.17) is 15.3 Å². The van der Waals surface area contributed by atoms with Gasteiger partial charge in [-0.1, -0.05) is 5.57 Å². The van der Waals surface area contributed by atoms with Gasteiger partial charge in [-0.25, -0.2) is 0 Å². The summed E-state index contributed by atoms with van der Waals surface area (Å²) in [5.74, 6) is 5.32. The molecule has 0 aromatic rings. The molecule has 4 heteroatoms. The van der Waals surface area contributed by atoms with E-state index in [1.807, 2.05) is 6.92 Å². The zero-order chi connectivity index (χ0) is 9.56. The van der Waals surface area contributed by atoms with Gasteiger partial charge in [0.1, 0.15) is 0 Å². The van der Waals surface area contributed by atoms with Crippen LogP contribution < -0.4 is 11.3 Å². The summed E-state index contributed by atoms with van der Waals surface area (Å²) in [6.45, 7) is 5.72. The van der Waals surface area contributed by atoms with E-state index < -0.39 is 0 Å². The molecule has 3 N–H and O–H groups in total. The molecule has 0 radical (unpaired) electrons. The Morgan fingerprint density at radius 3 is 2.25 bits per heavy atom. The SMILES string of the molecule is C=C(C)CC(NN)C(OC)OC. The zero-order valence-corrected chi connectivity index (χ0v) is 7.96. The predicted octanol–water partition coefficient (Wildman–Crippen LogP) is 0.403. The van der Waals surface area contributed by atoms with Crippen molar-refractivity contribution in [2.45, 2.75) is 25.7 Å². The fraction of sp³-hybridized carbons (Fsp3) is 0.750. The van der Waals surface area contributed by atoms with Gasteiger partial charge in [-0.3, -0.25) is 11.3 Å². The molecular formula is C8H18N2O2. The lowest BCUT2D eigenvalue weighted by Gasteiger charge is -2.23. The first-order valence-electron chi connectivity index (χ1n) is 3.81. The van der Waals surface area contributed by atoms with Gasteiger partial charge in [-0.15, -0.1) is 6.58 Å². The Labute approximate surface area is 73.7 Å². The van der Waals surface area contributed by atoms with Crippen molar-refractivity contribution in [2.75, 3.05) is 14.2 Å². The topological polar surface area (TPSA) is 56.5 Å². The van der Waals surface area contributed by atoms with Gasteiger partial charge >= 0.3 is 0 Å². The molecule has 0 aliphatic carbocycles. The highest BCUT2D eigenvalue weighted by Gasteiger charge is 2.18. The minimum Gasteiger partial charge on any atom is -0.354 e. The van der Waals surface area contributed by atoms with Crippen LogP contribution >= 0.6 is 0 Å². The lowest BCUT2D eigenvalue weighted by molar-refractivity contribution is -0.122. The third-order valence-corrected chi connectivity index (χ3v) is 1.58. The molecule has 12 heavy (non-hydrogen) atoms. The maximum atomic E-state index is 5.32. The predicted molar refractivity (Wildman–Crippen MR) is 48.3 cm³/mol. The first-order valence-corrected chi connectivity index (χ1v) is 3.81. The molecule has 1 unspecified atom stereocenters. The van der Waals surface area contributed by atoms with Gasteiger partial charge in [-0.2, -0.15) is 0 Å². The van der Waals surface area contributed by atoms with Crippen molar-refractivity contribution in [1.82, 2.24) is 5.43 Å². The molecule has 0 aliphatic rings. The molecule has 0 amide bonds. The fourth-order valence-electron chi connectivity index (χ4n) is 1.03. The number of hydrazine groups is 1. The number of nitrogens with two attached hydrogens (primary N) is 1. The molecule has 0 aliphatic heterocycles. The van der Waals surface area contributed by atoms with Gasteiger partial charge in [0.25, 0.3) is 0 Å². The second-order valence-corrected chi connectivity index (χ2v) is 2.77. The van der Waals surface area contributed by atoms with Crippen LogP contribution in [0.4, 0.5) is 0 Å². The van der Waals surface area contributed by atoms with Crippen LogP contribution in [0, 0.1) is 0 Å². The Bertz CT molecular complexity index is 135. The summed E-state index contributed by atoms with van der Waals surface area (Å²) in [7, 11) is 3.16. The minimum atomic E-state index is -0.327. The van der Waals surface area contributed by atoms with Crippen molar-refractivity contribution in [3.8, 4) is 0 Å². The maximum absolute atomic E-state index is 5.32. The Balaban J connectivity index is 4.01. The van der Waals surface area contributed by atoms with E-state index in [1.54, 1.807) is 14.2 Å². The van der Waals surface area contributed by atoms with Crippen molar-refractivity contribution in [3.05, 3.63) is 12.2 Å². The summed E-state index contributed by atoms with van der Waals surface area (Å²) in [5.41, 5.74) is 3.66. The first-order chi connectivity index (χ1) is 5.65. The molecule has 0 heterocycles. The standard InChI is InChI=1S/C8H18N2O2/c1-6(2)5-7(10-9)8(11-3)12-4/h7-8,10H,1,5,9H2,2-4H3. The average molecular weight is 174 g/mol. The highest BCUT2D eigenvalue weighted by Crippen LogP contribution is 2.08. The van der Waals surface area contributed by atoms with Gasteiger partial charge in [-0.05, 0) is 13.3 Å². The number of hydrogen-bond acceptors (Lipinski definition) is 4. The molecule has 0 aromatic carbocycles. The molecule has 1 atom stereocenters. The Hall–Kier alpha value is -0.420. The van der Waals surface area contributed by atoms with Gasteiger partial charge in [0.2, 0.25) is 0 Å². The Morgan fingerprint density at radius 1 is 1.50 bits per heavy atom. The Morgan fingerprint density at radius 2 is 2.00 bits per heavy atom. The summed E-state index contributed by atoms with van der Waals surface area (Å²) < 4.78 is 10.1. The van der Waals surface area contributed by atoms with Crippen LogP contribution in [0.2, 0.25) is 0 Å². The van der Waals surface area contributed by atoms with E-state index in [0.29, 0.717) is 0 Å². The number of rotatable bonds is 6. The zero-order valence-electron chi connectivity index (χ0n) is 7.96. The second kappa shape index (κ2) is 6.14. The molecule has 4 nitrogen and oxygen atoms in total. The largest absolute Gasteiger partial charge is 0.354 e. The van der Waals surface area contributed by atoms with Crippen LogP contribution in [0.25, 0.3) is 0 Å². The van der Waals surface area contributed by atoms with E-state index in [0.717, 1.165) is 12.0 Å². The molecular weight excluding hydrogens is 156 g/mol. The van der Waals surface area contributed by atoms with E-state index >= 15 is 0 Å². The summed E-state index contributed by atoms with van der Waals surface area (Å²) >= 11 is 0. The summed E-state index contributed by atoms with van der Waals surface area (Å²) in [5, 5.41) is 0. The van der Waals surface area contributed by atoms with Crippen LogP contribution in [-0.4, -0.2) is 26.6 Å². The van der Waals surface area contributed by atoms with Crippen LogP contribution in [0.1, 0.15) is 13.3 Å². The lowest BCUT2D eigenvalue weighted by atomic mass is 10.1. The number of hydrogen-bond donors (Lipinski definition) is 2. The third-order valence-electron chi connectivity index (χ3n) is 1.58. The normalized spacial score (nSPS) is 13.4. The minimum absolute atomic E-state index is 0.0440. The monoisotopic (exact) mass is 174 g/mol. The van der Waals surface area contributed by atoms with Crippen LogP contribution in [0.15, 0.2) is 12.2 Å². The first kappa shape index (κ1) is 11.6. The second-order valence-electron chi connectivity index (χ2n) is 2.77. The van der Waals surface area contributed by atoms with E-state index in [-0.39, 0.29) is 12.3 Å². The summed E-state index contributed by atoms with van der Waals surface area (Å²) in [6, 6.07) is -0.0440. The highest BCUT2D eigenvalue weighted by atomic mass is 16.7. The van der Waals surface area contributed by atoms with Crippen molar-refractivity contribution in [1.29, 1.82) is 0 Å². The molecule has 0 saturated heterocycles. The van der Waals surface area contributed by atoms with Crippen molar-refractivity contribution >= 4 is 0 Å². The summed E-state index contributed by atoms with van der Waals surface area (Å²) in [4.78, 5) is 0. The molecule has 0 fully saturated rings.